The molecule has 0 aromatic carbocycles. The van der Waals surface area contributed by atoms with E-state index in [0.717, 1.165) is 39.0 Å². The van der Waals surface area contributed by atoms with Crippen molar-refractivity contribution in [2.75, 3.05) is 26.2 Å². The summed E-state index contributed by atoms with van der Waals surface area (Å²) in [6.45, 7) is 7.47. The lowest BCUT2D eigenvalue weighted by Gasteiger charge is -2.29. The molecule has 18 heavy (non-hydrogen) atoms. The van der Waals surface area contributed by atoms with Gasteiger partial charge in [-0.25, -0.2) is 0 Å². The molecule has 0 radical (unpaired) electrons. The van der Waals surface area contributed by atoms with E-state index >= 15 is 0 Å². The Morgan fingerprint density at radius 1 is 1.56 bits per heavy atom. The molecule has 0 saturated carbocycles. The molecule has 1 aliphatic heterocycles. The van der Waals surface area contributed by atoms with E-state index in [2.05, 4.69) is 10.5 Å². The van der Waals surface area contributed by atoms with Crippen LogP contribution < -0.4 is 5.32 Å². The van der Waals surface area contributed by atoms with Gasteiger partial charge in [0.05, 0.1) is 6.20 Å². The summed E-state index contributed by atoms with van der Waals surface area (Å²) in [7, 11) is 0. The molecule has 5 heteroatoms. The number of rotatable bonds is 4. The highest BCUT2D eigenvalue weighted by molar-refractivity contribution is 5.94. The van der Waals surface area contributed by atoms with E-state index in [0.29, 0.717) is 17.2 Å². The lowest BCUT2D eigenvalue weighted by molar-refractivity contribution is 0.0725. The number of aromatic nitrogens is 1. The standard InChI is InChI=1S/C13H21N3O2/c1-3-16(9-11-4-6-14-7-5-11)13(17)12-8-15-18-10(12)2/h8,11,14H,3-7,9H2,1-2H3. The van der Waals surface area contributed by atoms with Crippen molar-refractivity contribution in [2.45, 2.75) is 26.7 Å². The number of hydrogen-bond donors (Lipinski definition) is 1. The van der Waals surface area contributed by atoms with E-state index in [1.54, 1.807) is 6.92 Å². The number of carbonyl (C=O) groups excluding carboxylic acids is 1. The maximum atomic E-state index is 12.3. The highest BCUT2D eigenvalue weighted by atomic mass is 16.5. The van der Waals surface area contributed by atoms with Gasteiger partial charge in [-0.3, -0.25) is 4.79 Å². The molecule has 0 atom stereocenters. The molecular formula is C13H21N3O2. The van der Waals surface area contributed by atoms with Gasteiger partial charge in [-0.2, -0.15) is 0 Å². The number of nitrogens with one attached hydrogen (secondary N) is 1. The van der Waals surface area contributed by atoms with Gasteiger partial charge in [0.1, 0.15) is 11.3 Å². The third kappa shape index (κ3) is 2.90. The van der Waals surface area contributed by atoms with Crippen molar-refractivity contribution in [3.05, 3.63) is 17.5 Å². The second-order valence-corrected chi connectivity index (χ2v) is 4.83. The topological polar surface area (TPSA) is 58.4 Å². The summed E-state index contributed by atoms with van der Waals surface area (Å²) < 4.78 is 4.96. The highest BCUT2D eigenvalue weighted by Gasteiger charge is 2.23. The van der Waals surface area contributed by atoms with Gasteiger partial charge < -0.3 is 14.7 Å². The van der Waals surface area contributed by atoms with Crippen LogP contribution in [0.25, 0.3) is 0 Å². The fourth-order valence-electron chi connectivity index (χ4n) is 2.41. The van der Waals surface area contributed by atoms with Crippen molar-refractivity contribution in [1.29, 1.82) is 0 Å². The van der Waals surface area contributed by atoms with Gasteiger partial charge in [-0.05, 0) is 45.7 Å². The zero-order valence-corrected chi connectivity index (χ0v) is 11.1. The molecular weight excluding hydrogens is 230 g/mol. The smallest absolute Gasteiger partial charge is 0.259 e. The first-order chi connectivity index (χ1) is 8.72. The number of carbonyl (C=O) groups is 1. The summed E-state index contributed by atoms with van der Waals surface area (Å²) in [6.07, 6.45) is 3.81. The normalized spacial score (nSPS) is 16.8. The zero-order valence-electron chi connectivity index (χ0n) is 11.1. The van der Waals surface area contributed by atoms with Gasteiger partial charge in [-0.1, -0.05) is 5.16 Å². The Labute approximate surface area is 108 Å². The van der Waals surface area contributed by atoms with E-state index in [-0.39, 0.29) is 5.91 Å². The van der Waals surface area contributed by atoms with Gasteiger partial charge in [0, 0.05) is 13.1 Å². The van der Waals surface area contributed by atoms with Gasteiger partial charge in [0.15, 0.2) is 0 Å². The summed E-state index contributed by atoms with van der Waals surface area (Å²) in [4.78, 5) is 14.2. The van der Waals surface area contributed by atoms with Crippen LogP contribution in [0.1, 0.15) is 35.9 Å². The Kier molecular flexibility index (Phi) is 4.36. The van der Waals surface area contributed by atoms with Crippen LogP contribution in [-0.4, -0.2) is 42.1 Å². The molecule has 100 valence electrons. The third-order valence-electron chi connectivity index (χ3n) is 3.59. The molecule has 1 saturated heterocycles. The van der Waals surface area contributed by atoms with Gasteiger partial charge in [0.25, 0.3) is 5.91 Å². The molecule has 1 amide bonds. The fraction of sp³-hybridized carbons (Fsp3) is 0.692. The Balaban J connectivity index is 1.99. The van der Waals surface area contributed by atoms with Crippen molar-refractivity contribution in [2.24, 2.45) is 5.92 Å². The maximum Gasteiger partial charge on any atom is 0.259 e. The predicted molar refractivity (Wildman–Crippen MR) is 68.4 cm³/mol. The lowest BCUT2D eigenvalue weighted by Crippen LogP contribution is -2.39. The first-order valence-electron chi connectivity index (χ1n) is 6.63. The Hall–Kier alpha value is -1.36. The molecule has 0 spiro atoms. The van der Waals surface area contributed by atoms with Gasteiger partial charge in [-0.15, -0.1) is 0 Å². The minimum atomic E-state index is 0.0368. The first-order valence-corrected chi connectivity index (χ1v) is 6.63. The molecule has 1 N–H and O–H groups in total. The van der Waals surface area contributed by atoms with Crippen molar-refractivity contribution < 1.29 is 9.32 Å². The molecule has 1 aromatic rings. The minimum absolute atomic E-state index is 0.0368. The van der Waals surface area contributed by atoms with Crippen LogP contribution in [0, 0.1) is 12.8 Å². The van der Waals surface area contributed by atoms with Crippen LogP contribution in [-0.2, 0) is 0 Å². The predicted octanol–water partition coefficient (Wildman–Crippen LogP) is 1.44. The van der Waals surface area contributed by atoms with E-state index in [1.807, 2.05) is 11.8 Å². The third-order valence-corrected chi connectivity index (χ3v) is 3.59. The van der Waals surface area contributed by atoms with Crippen LogP contribution >= 0.6 is 0 Å². The second kappa shape index (κ2) is 6.00. The van der Waals surface area contributed by atoms with Gasteiger partial charge in [0.2, 0.25) is 0 Å². The summed E-state index contributed by atoms with van der Waals surface area (Å²) >= 11 is 0. The van der Waals surface area contributed by atoms with Crippen molar-refractivity contribution in [3.8, 4) is 0 Å². The van der Waals surface area contributed by atoms with Crippen LogP contribution in [0.3, 0.4) is 0 Å². The SMILES string of the molecule is CCN(CC1CCNCC1)C(=O)c1cnoc1C. The largest absolute Gasteiger partial charge is 0.361 e. The van der Waals surface area contributed by atoms with Gasteiger partial charge >= 0.3 is 0 Å². The van der Waals surface area contributed by atoms with Crippen LogP contribution in [0.2, 0.25) is 0 Å². The van der Waals surface area contributed by atoms with E-state index in [4.69, 9.17) is 4.52 Å². The minimum Gasteiger partial charge on any atom is -0.361 e. The Morgan fingerprint density at radius 2 is 2.28 bits per heavy atom. The molecule has 1 fully saturated rings. The fourth-order valence-corrected chi connectivity index (χ4v) is 2.41. The molecule has 1 aliphatic rings. The molecule has 0 aliphatic carbocycles. The average Bonchev–Trinajstić information content (AvgIpc) is 2.82. The molecule has 1 aromatic heterocycles. The van der Waals surface area contributed by atoms with Crippen molar-refractivity contribution in [1.82, 2.24) is 15.4 Å². The van der Waals surface area contributed by atoms with E-state index < -0.39 is 0 Å². The molecule has 0 bridgehead atoms. The maximum absolute atomic E-state index is 12.3. The Morgan fingerprint density at radius 3 is 2.83 bits per heavy atom. The van der Waals surface area contributed by atoms with Crippen LogP contribution in [0.5, 0.6) is 0 Å². The number of hydrogen-bond acceptors (Lipinski definition) is 4. The highest BCUT2D eigenvalue weighted by Crippen LogP contribution is 2.16. The molecule has 5 nitrogen and oxygen atoms in total. The summed E-state index contributed by atoms with van der Waals surface area (Å²) in [5, 5.41) is 7.02. The molecule has 0 unspecified atom stereocenters. The zero-order chi connectivity index (χ0) is 13.0. The lowest BCUT2D eigenvalue weighted by atomic mass is 9.97. The average molecular weight is 251 g/mol. The Bertz CT molecular complexity index is 397. The molecule has 2 heterocycles. The number of piperidine rings is 1. The summed E-state index contributed by atoms with van der Waals surface area (Å²) in [5.41, 5.74) is 0.589. The van der Waals surface area contributed by atoms with Crippen molar-refractivity contribution in [3.63, 3.8) is 0 Å². The van der Waals surface area contributed by atoms with E-state index in [9.17, 15) is 4.79 Å². The summed E-state index contributed by atoms with van der Waals surface area (Å²) in [5.74, 6) is 1.24. The quantitative estimate of drug-likeness (QED) is 0.880. The summed E-state index contributed by atoms with van der Waals surface area (Å²) in [6, 6.07) is 0. The number of amides is 1. The second-order valence-electron chi connectivity index (χ2n) is 4.83. The number of nitrogens with zero attached hydrogens (tertiary/aromatic N) is 2. The van der Waals surface area contributed by atoms with Crippen molar-refractivity contribution >= 4 is 5.91 Å². The van der Waals surface area contributed by atoms with E-state index in [1.165, 1.54) is 6.20 Å². The first kappa shape index (κ1) is 13.1. The van der Waals surface area contributed by atoms with Crippen LogP contribution in [0.4, 0.5) is 0 Å². The molecule has 2 rings (SSSR count). The van der Waals surface area contributed by atoms with Crippen LogP contribution in [0.15, 0.2) is 10.7 Å². The number of aryl methyl sites for hydroxylation is 1. The monoisotopic (exact) mass is 251 g/mol.